The normalized spacial score (nSPS) is 20.6. The molecule has 1 aliphatic heterocycles. The molecule has 1 amide bonds. The number of carbonyl (C=O) groups is 2. The third-order valence-corrected chi connectivity index (χ3v) is 5.42. The first kappa shape index (κ1) is 16.1. The van der Waals surface area contributed by atoms with Gasteiger partial charge in [0.25, 0.3) is 5.91 Å². The second-order valence-corrected chi connectivity index (χ2v) is 7.27. The molecule has 2 aromatic rings. The first-order valence-electron chi connectivity index (χ1n) is 9.13. The highest BCUT2D eigenvalue weighted by molar-refractivity contribution is 6.10. The van der Waals surface area contributed by atoms with E-state index in [-0.39, 0.29) is 11.7 Å². The molecule has 1 fully saturated rings. The van der Waals surface area contributed by atoms with Crippen molar-refractivity contribution in [2.45, 2.75) is 45.6 Å². The van der Waals surface area contributed by atoms with Gasteiger partial charge in [-0.15, -0.1) is 0 Å². The summed E-state index contributed by atoms with van der Waals surface area (Å²) in [6.07, 6.45) is 9.98. The molecule has 25 heavy (non-hydrogen) atoms. The molecule has 1 atom stereocenters. The molecular formula is C19H24N4O2. The highest BCUT2D eigenvalue weighted by Crippen LogP contribution is 2.29. The zero-order chi connectivity index (χ0) is 17.4. The van der Waals surface area contributed by atoms with Crippen molar-refractivity contribution in [3.05, 3.63) is 41.2 Å². The van der Waals surface area contributed by atoms with Gasteiger partial charge in [-0.3, -0.25) is 9.59 Å². The first-order chi connectivity index (χ1) is 12.1. The zero-order valence-corrected chi connectivity index (χ0v) is 14.6. The topological polar surface area (TPSA) is 71.0 Å². The maximum atomic E-state index is 13.2. The lowest BCUT2D eigenvalue weighted by atomic mass is 9.91. The highest BCUT2D eigenvalue weighted by atomic mass is 16.2. The molecule has 0 radical (unpaired) electrons. The predicted molar refractivity (Wildman–Crippen MR) is 93.7 cm³/mol. The van der Waals surface area contributed by atoms with E-state index in [4.69, 9.17) is 0 Å². The molecule has 2 aromatic heterocycles. The standard InChI is InChI=1S/C19H24N4O2/c1-13-17(18-15(21-13)5-2-6-16(18)24)19(25)23-8-3-4-14(11-23)10-22-9-7-20-12-22/h7,9,12,14,21H,2-6,8,10-11H2,1H3/t14-/m0/s1. The fourth-order valence-corrected chi connectivity index (χ4v) is 4.25. The number of H-pyrrole nitrogens is 1. The summed E-state index contributed by atoms with van der Waals surface area (Å²) in [6.45, 7) is 4.30. The largest absolute Gasteiger partial charge is 0.361 e. The number of piperidine rings is 1. The van der Waals surface area contributed by atoms with Crippen LogP contribution in [0.4, 0.5) is 0 Å². The maximum absolute atomic E-state index is 13.2. The number of hydrogen-bond donors (Lipinski definition) is 1. The van der Waals surface area contributed by atoms with E-state index in [9.17, 15) is 9.59 Å². The Morgan fingerprint density at radius 1 is 1.36 bits per heavy atom. The Balaban J connectivity index is 1.55. The summed E-state index contributed by atoms with van der Waals surface area (Å²) in [6, 6.07) is 0. The number of rotatable bonds is 3. The average molecular weight is 340 g/mol. The number of aromatic nitrogens is 3. The lowest BCUT2D eigenvalue weighted by Gasteiger charge is -2.33. The molecule has 132 valence electrons. The second-order valence-electron chi connectivity index (χ2n) is 7.27. The Morgan fingerprint density at radius 3 is 3.04 bits per heavy atom. The predicted octanol–water partition coefficient (Wildman–Crippen LogP) is 2.59. The van der Waals surface area contributed by atoms with E-state index in [0.717, 1.165) is 56.7 Å². The Morgan fingerprint density at radius 2 is 2.24 bits per heavy atom. The molecule has 1 saturated heterocycles. The lowest BCUT2D eigenvalue weighted by molar-refractivity contribution is 0.0657. The monoisotopic (exact) mass is 340 g/mol. The molecule has 4 rings (SSSR count). The van der Waals surface area contributed by atoms with Crippen molar-refractivity contribution >= 4 is 11.7 Å². The van der Waals surface area contributed by atoms with Gasteiger partial charge in [-0.1, -0.05) is 0 Å². The van der Waals surface area contributed by atoms with Crippen LogP contribution in [0, 0.1) is 12.8 Å². The fourth-order valence-electron chi connectivity index (χ4n) is 4.25. The number of nitrogens with zero attached hydrogens (tertiary/aromatic N) is 3. The van der Waals surface area contributed by atoms with E-state index in [2.05, 4.69) is 14.5 Å². The van der Waals surface area contributed by atoms with Crippen LogP contribution < -0.4 is 0 Å². The summed E-state index contributed by atoms with van der Waals surface area (Å²) in [7, 11) is 0. The van der Waals surface area contributed by atoms with Gasteiger partial charge in [0, 0.05) is 49.8 Å². The number of likely N-dealkylation sites (tertiary alicyclic amines) is 1. The van der Waals surface area contributed by atoms with Crippen LogP contribution in [-0.4, -0.2) is 44.2 Å². The third-order valence-electron chi connectivity index (χ3n) is 5.42. The van der Waals surface area contributed by atoms with Crippen LogP contribution >= 0.6 is 0 Å². The van der Waals surface area contributed by atoms with E-state index in [1.54, 1.807) is 6.20 Å². The average Bonchev–Trinajstić information content (AvgIpc) is 3.22. The van der Waals surface area contributed by atoms with Gasteiger partial charge in [0.15, 0.2) is 5.78 Å². The fraction of sp³-hybridized carbons (Fsp3) is 0.526. The molecule has 0 saturated carbocycles. The highest BCUT2D eigenvalue weighted by Gasteiger charge is 2.32. The molecule has 0 aromatic carbocycles. The van der Waals surface area contributed by atoms with Crippen molar-refractivity contribution in [3.8, 4) is 0 Å². The van der Waals surface area contributed by atoms with Crippen molar-refractivity contribution in [2.24, 2.45) is 5.92 Å². The summed E-state index contributed by atoms with van der Waals surface area (Å²) in [5.41, 5.74) is 3.06. The summed E-state index contributed by atoms with van der Waals surface area (Å²) < 4.78 is 2.07. The van der Waals surface area contributed by atoms with Gasteiger partial charge >= 0.3 is 0 Å². The number of amides is 1. The van der Waals surface area contributed by atoms with Crippen LogP contribution in [0.25, 0.3) is 0 Å². The minimum Gasteiger partial charge on any atom is -0.361 e. The number of nitrogens with one attached hydrogen (secondary N) is 1. The molecule has 2 aliphatic rings. The molecule has 6 heteroatoms. The number of fused-ring (bicyclic) bond motifs is 1. The first-order valence-corrected chi connectivity index (χ1v) is 9.13. The van der Waals surface area contributed by atoms with Crippen molar-refractivity contribution in [3.63, 3.8) is 0 Å². The number of Topliss-reactive ketones (excluding diaryl/α,β-unsaturated/α-hetero) is 1. The number of aryl methyl sites for hydroxylation is 2. The molecule has 0 bridgehead atoms. The summed E-state index contributed by atoms with van der Waals surface area (Å²) >= 11 is 0. The number of imidazole rings is 1. The van der Waals surface area contributed by atoms with Crippen molar-refractivity contribution in [1.82, 2.24) is 19.4 Å². The Hall–Kier alpha value is -2.37. The van der Waals surface area contributed by atoms with E-state index in [1.165, 1.54) is 0 Å². The van der Waals surface area contributed by atoms with Crippen LogP contribution in [0.2, 0.25) is 0 Å². The van der Waals surface area contributed by atoms with Gasteiger partial charge in [-0.2, -0.15) is 0 Å². The van der Waals surface area contributed by atoms with E-state index < -0.39 is 0 Å². The number of aromatic amines is 1. The number of carbonyl (C=O) groups excluding carboxylic acids is 2. The molecule has 6 nitrogen and oxygen atoms in total. The van der Waals surface area contributed by atoms with Gasteiger partial charge in [0.05, 0.1) is 17.5 Å². The lowest BCUT2D eigenvalue weighted by Crippen LogP contribution is -2.41. The van der Waals surface area contributed by atoms with Crippen LogP contribution in [0.1, 0.15) is 57.8 Å². The summed E-state index contributed by atoms with van der Waals surface area (Å²) in [5.74, 6) is 0.555. The molecule has 1 aliphatic carbocycles. The molecular weight excluding hydrogens is 316 g/mol. The Labute approximate surface area is 147 Å². The van der Waals surface area contributed by atoms with Crippen molar-refractivity contribution in [2.75, 3.05) is 13.1 Å². The van der Waals surface area contributed by atoms with Crippen LogP contribution in [0.5, 0.6) is 0 Å². The number of ketones is 1. The third kappa shape index (κ3) is 3.01. The second kappa shape index (κ2) is 6.50. The zero-order valence-electron chi connectivity index (χ0n) is 14.6. The molecule has 3 heterocycles. The van der Waals surface area contributed by atoms with Crippen LogP contribution in [-0.2, 0) is 13.0 Å². The minimum atomic E-state index is 0.0144. The van der Waals surface area contributed by atoms with Crippen LogP contribution in [0.15, 0.2) is 18.7 Å². The van der Waals surface area contributed by atoms with E-state index in [1.807, 2.05) is 24.3 Å². The quantitative estimate of drug-likeness (QED) is 0.933. The van der Waals surface area contributed by atoms with Gasteiger partial charge in [0.2, 0.25) is 0 Å². The summed E-state index contributed by atoms with van der Waals surface area (Å²) in [5, 5.41) is 0. The van der Waals surface area contributed by atoms with Crippen molar-refractivity contribution in [1.29, 1.82) is 0 Å². The van der Waals surface area contributed by atoms with Gasteiger partial charge in [0.1, 0.15) is 0 Å². The van der Waals surface area contributed by atoms with E-state index in [0.29, 0.717) is 23.5 Å². The molecule has 0 spiro atoms. The summed E-state index contributed by atoms with van der Waals surface area (Å²) in [4.78, 5) is 34.9. The van der Waals surface area contributed by atoms with Crippen LogP contribution in [0.3, 0.4) is 0 Å². The van der Waals surface area contributed by atoms with Gasteiger partial charge in [-0.05, 0) is 38.5 Å². The smallest absolute Gasteiger partial charge is 0.256 e. The SMILES string of the molecule is Cc1[nH]c2c(c1C(=O)N1CCC[C@@H](Cn3ccnc3)C1)C(=O)CCC2. The molecule has 0 unspecified atom stereocenters. The van der Waals surface area contributed by atoms with Crippen molar-refractivity contribution < 1.29 is 9.59 Å². The van der Waals surface area contributed by atoms with Gasteiger partial charge in [-0.25, -0.2) is 4.98 Å². The minimum absolute atomic E-state index is 0.0144. The Bertz CT molecular complexity index is 791. The van der Waals surface area contributed by atoms with E-state index >= 15 is 0 Å². The Kier molecular flexibility index (Phi) is 4.19. The molecule has 1 N–H and O–H groups in total. The number of hydrogen-bond acceptors (Lipinski definition) is 3. The maximum Gasteiger partial charge on any atom is 0.256 e. The van der Waals surface area contributed by atoms with Gasteiger partial charge < -0.3 is 14.5 Å².